The van der Waals surface area contributed by atoms with E-state index in [1.54, 1.807) is 30.0 Å². The Hall–Kier alpha value is -1.97. The maximum atomic E-state index is 12.1. The number of nitrogens with one attached hydrogen (secondary N) is 1. The molecule has 0 bridgehead atoms. The third-order valence-electron chi connectivity index (χ3n) is 3.73. The number of halogens is 1. The van der Waals surface area contributed by atoms with E-state index in [0.29, 0.717) is 33.5 Å². The number of amidine groups is 1. The van der Waals surface area contributed by atoms with E-state index in [2.05, 4.69) is 27.1 Å². The Bertz CT molecular complexity index is 887. The number of amides is 1. The molecule has 28 heavy (non-hydrogen) atoms. The summed E-state index contributed by atoms with van der Waals surface area (Å²) in [5, 5.41) is 13.1. The molecular formula is C18H20ClN5O2S2. The van der Waals surface area contributed by atoms with Gasteiger partial charge in [0.05, 0.1) is 17.3 Å². The largest absolute Gasteiger partial charge is 0.481 e. The molecule has 2 aromatic rings. The van der Waals surface area contributed by atoms with Crippen LogP contribution in [-0.4, -0.2) is 43.9 Å². The second-order valence-corrected chi connectivity index (χ2v) is 8.24. The topological polar surface area (TPSA) is 81.4 Å². The molecule has 1 aliphatic rings. The molecular weight excluding hydrogens is 418 g/mol. The number of rotatable bonds is 8. The van der Waals surface area contributed by atoms with E-state index in [9.17, 15) is 4.79 Å². The summed E-state index contributed by atoms with van der Waals surface area (Å²) in [5.74, 6) is 2.22. The molecule has 0 saturated carbocycles. The van der Waals surface area contributed by atoms with Gasteiger partial charge in [0.2, 0.25) is 5.91 Å². The highest BCUT2D eigenvalue weighted by molar-refractivity contribution is 8.14. The highest BCUT2D eigenvalue weighted by Gasteiger charge is 2.21. The van der Waals surface area contributed by atoms with Gasteiger partial charge >= 0.3 is 0 Å². The van der Waals surface area contributed by atoms with Crippen molar-refractivity contribution >= 4 is 46.2 Å². The van der Waals surface area contributed by atoms with Gasteiger partial charge in [0.1, 0.15) is 5.75 Å². The highest BCUT2D eigenvalue weighted by atomic mass is 35.5. The van der Waals surface area contributed by atoms with E-state index in [1.807, 2.05) is 23.6 Å². The number of benzene rings is 1. The SMILES string of the molecule is C=CCn1c(SCC(=O)NC2=NCCS2)nnc1C(C)Oc1ccccc1Cl. The van der Waals surface area contributed by atoms with Crippen molar-refractivity contribution in [2.45, 2.75) is 24.7 Å². The summed E-state index contributed by atoms with van der Waals surface area (Å²) in [6, 6.07) is 7.27. The van der Waals surface area contributed by atoms with E-state index in [1.165, 1.54) is 11.8 Å². The summed E-state index contributed by atoms with van der Waals surface area (Å²) in [6.07, 6.45) is 1.38. The molecule has 1 amide bonds. The van der Waals surface area contributed by atoms with E-state index in [0.717, 1.165) is 12.3 Å². The molecule has 1 aliphatic heterocycles. The molecule has 1 atom stereocenters. The number of hydrogen-bond donors (Lipinski definition) is 1. The van der Waals surface area contributed by atoms with Crippen molar-refractivity contribution in [3.05, 3.63) is 47.8 Å². The summed E-state index contributed by atoms with van der Waals surface area (Å²) >= 11 is 9.03. The minimum atomic E-state index is -0.375. The molecule has 0 spiro atoms. The Morgan fingerprint density at radius 1 is 1.50 bits per heavy atom. The van der Waals surface area contributed by atoms with Crippen molar-refractivity contribution in [1.82, 2.24) is 20.1 Å². The highest BCUT2D eigenvalue weighted by Crippen LogP contribution is 2.29. The zero-order valence-corrected chi connectivity index (χ0v) is 17.7. The number of ether oxygens (including phenoxy) is 1. The summed E-state index contributed by atoms with van der Waals surface area (Å²) in [6.45, 7) is 6.92. The fourth-order valence-electron chi connectivity index (χ4n) is 2.49. The number of para-hydroxylation sites is 1. The van der Waals surface area contributed by atoms with Gasteiger partial charge in [0.15, 0.2) is 22.3 Å². The molecule has 0 radical (unpaired) electrons. The Balaban J connectivity index is 1.67. The summed E-state index contributed by atoms with van der Waals surface area (Å²) in [5.41, 5.74) is 0. The molecule has 7 nitrogen and oxygen atoms in total. The maximum absolute atomic E-state index is 12.1. The first kappa shape index (κ1) is 20.8. The van der Waals surface area contributed by atoms with Gasteiger partial charge in [0.25, 0.3) is 0 Å². The van der Waals surface area contributed by atoms with Crippen LogP contribution in [0.5, 0.6) is 5.75 Å². The van der Waals surface area contributed by atoms with Crippen molar-refractivity contribution in [3.8, 4) is 5.75 Å². The van der Waals surface area contributed by atoms with Crippen LogP contribution in [0.1, 0.15) is 18.9 Å². The smallest absolute Gasteiger partial charge is 0.236 e. The average molecular weight is 438 g/mol. The lowest BCUT2D eigenvalue weighted by Gasteiger charge is -2.16. The van der Waals surface area contributed by atoms with Gasteiger partial charge < -0.3 is 10.1 Å². The fraction of sp³-hybridized carbons (Fsp3) is 0.333. The van der Waals surface area contributed by atoms with Crippen molar-refractivity contribution in [2.24, 2.45) is 4.99 Å². The predicted octanol–water partition coefficient (Wildman–Crippen LogP) is 3.57. The number of aliphatic imine (C=N–C) groups is 1. The standard InChI is InChI=1S/C18H20ClN5O2S2/c1-3-9-24-16(12(2)26-14-7-5-4-6-13(14)19)22-23-18(24)28-11-15(25)21-17-20-8-10-27-17/h3-7,12H,1,8-11H2,2H3,(H,20,21,25). The van der Waals surface area contributed by atoms with Crippen LogP contribution in [0.15, 0.2) is 47.1 Å². The molecule has 0 aliphatic carbocycles. The van der Waals surface area contributed by atoms with E-state index in [4.69, 9.17) is 16.3 Å². The van der Waals surface area contributed by atoms with Crippen LogP contribution in [0.4, 0.5) is 0 Å². The summed E-state index contributed by atoms with van der Waals surface area (Å²) in [7, 11) is 0. The van der Waals surface area contributed by atoms with Crippen molar-refractivity contribution in [3.63, 3.8) is 0 Å². The van der Waals surface area contributed by atoms with Crippen LogP contribution >= 0.6 is 35.1 Å². The van der Waals surface area contributed by atoms with Gasteiger partial charge in [-0.25, -0.2) is 0 Å². The lowest BCUT2D eigenvalue weighted by Crippen LogP contribution is -2.29. The molecule has 1 aromatic carbocycles. The van der Waals surface area contributed by atoms with Crippen LogP contribution in [0, 0.1) is 0 Å². The third-order valence-corrected chi connectivity index (χ3v) is 5.90. The van der Waals surface area contributed by atoms with Crippen LogP contribution in [0.25, 0.3) is 0 Å². The average Bonchev–Trinajstić information content (AvgIpc) is 3.32. The molecule has 148 valence electrons. The van der Waals surface area contributed by atoms with Crippen LogP contribution < -0.4 is 10.1 Å². The van der Waals surface area contributed by atoms with Crippen molar-refractivity contribution in [1.29, 1.82) is 0 Å². The minimum Gasteiger partial charge on any atom is -0.481 e. The minimum absolute atomic E-state index is 0.117. The molecule has 1 aromatic heterocycles. The Labute approximate surface area is 177 Å². The van der Waals surface area contributed by atoms with Gasteiger partial charge in [-0.3, -0.25) is 14.4 Å². The first-order valence-electron chi connectivity index (χ1n) is 8.63. The monoisotopic (exact) mass is 437 g/mol. The number of aromatic nitrogens is 3. The number of allylic oxidation sites excluding steroid dienone is 1. The number of thioether (sulfide) groups is 2. The first-order valence-corrected chi connectivity index (χ1v) is 11.0. The van der Waals surface area contributed by atoms with Gasteiger partial charge in [-0.05, 0) is 19.1 Å². The zero-order chi connectivity index (χ0) is 19.9. The Morgan fingerprint density at radius 3 is 3.04 bits per heavy atom. The first-order chi connectivity index (χ1) is 13.6. The maximum Gasteiger partial charge on any atom is 0.236 e. The molecule has 2 heterocycles. The normalized spacial score (nSPS) is 14.4. The van der Waals surface area contributed by atoms with Gasteiger partial charge in [-0.1, -0.05) is 53.3 Å². The second-order valence-electron chi connectivity index (χ2n) is 5.80. The van der Waals surface area contributed by atoms with Crippen LogP contribution in [0.3, 0.4) is 0 Å². The number of carbonyl (C=O) groups is 1. The Morgan fingerprint density at radius 2 is 2.32 bits per heavy atom. The molecule has 3 rings (SSSR count). The van der Waals surface area contributed by atoms with E-state index in [-0.39, 0.29) is 17.8 Å². The second kappa shape index (κ2) is 9.99. The van der Waals surface area contributed by atoms with Crippen LogP contribution in [-0.2, 0) is 11.3 Å². The molecule has 1 N–H and O–H groups in total. The van der Waals surface area contributed by atoms with Gasteiger partial charge in [0, 0.05) is 12.3 Å². The van der Waals surface area contributed by atoms with E-state index >= 15 is 0 Å². The fourth-order valence-corrected chi connectivity index (χ4v) is 4.17. The molecule has 1 unspecified atom stereocenters. The number of hydrogen-bond acceptors (Lipinski definition) is 7. The summed E-state index contributed by atoms with van der Waals surface area (Å²) < 4.78 is 7.83. The molecule has 10 heteroatoms. The molecule has 0 fully saturated rings. The van der Waals surface area contributed by atoms with Gasteiger partial charge in [-0.2, -0.15) is 0 Å². The van der Waals surface area contributed by atoms with Crippen molar-refractivity contribution < 1.29 is 9.53 Å². The Kier molecular flexibility index (Phi) is 7.41. The zero-order valence-electron chi connectivity index (χ0n) is 15.3. The predicted molar refractivity (Wildman–Crippen MR) is 114 cm³/mol. The quantitative estimate of drug-likeness (QED) is 0.502. The van der Waals surface area contributed by atoms with Gasteiger partial charge in [-0.15, -0.1) is 16.8 Å². The summed E-state index contributed by atoms with van der Waals surface area (Å²) in [4.78, 5) is 16.3. The van der Waals surface area contributed by atoms with Crippen molar-refractivity contribution in [2.75, 3.05) is 18.1 Å². The lowest BCUT2D eigenvalue weighted by atomic mass is 10.3. The third kappa shape index (κ3) is 5.30. The van der Waals surface area contributed by atoms with E-state index < -0.39 is 0 Å². The van der Waals surface area contributed by atoms with Crippen LogP contribution in [0.2, 0.25) is 5.02 Å². The lowest BCUT2D eigenvalue weighted by molar-refractivity contribution is -0.117. The number of nitrogens with zero attached hydrogens (tertiary/aromatic N) is 4. The number of carbonyl (C=O) groups excluding carboxylic acids is 1. The molecule has 0 saturated heterocycles.